The summed E-state index contributed by atoms with van der Waals surface area (Å²) in [6.45, 7) is 4.03. The molecule has 0 aliphatic carbocycles. The van der Waals surface area contributed by atoms with E-state index in [1.807, 2.05) is 18.7 Å². The molecule has 0 saturated carbocycles. The topological polar surface area (TPSA) is 21.1 Å². The summed E-state index contributed by atoms with van der Waals surface area (Å²) in [7, 11) is 1.97. The van der Waals surface area contributed by atoms with Crippen LogP contribution in [0.5, 0.6) is 0 Å². The molecule has 1 aromatic rings. The Hall–Kier alpha value is -0.250. The molecular weight excluding hydrogens is 269 g/mol. The van der Waals surface area contributed by atoms with Crippen LogP contribution in [0.25, 0.3) is 0 Å². The Morgan fingerprint density at radius 1 is 1.44 bits per heavy atom. The van der Waals surface area contributed by atoms with Crippen molar-refractivity contribution in [2.24, 2.45) is 7.05 Å². The number of likely N-dealkylation sites (tertiary alicyclic amines) is 1. The van der Waals surface area contributed by atoms with Crippen molar-refractivity contribution in [1.29, 1.82) is 0 Å². The zero-order chi connectivity index (χ0) is 13.1. The molecule has 0 spiro atoms. The number of hydrogen-bond acceptors (Lipinski definition) is 2. The molecule has 1 aliphatic rings. The van der Waals surface area contributed by atoms with Gasteiger partial charge in [-0.05, 0) is 39.2 Å². The summed E-state index contributed by atoms with van der Waals surface area (Å²) in [6.07, 6.45) is 4.85. The molecule has 2 rings (SSSR count). The summed E-state index contributed by atoms with van der Waals surface area (Å²) in [5.41, 5.74) is 2.05. The van der Waals surface area contributed by atoms with E-state index < -0.39 is 0 Å². The van der Waals surface area contributed by atoms with Crippen LogP contribution >= 0.6 is 23.2 Å². The van der Waals surface area contributed by atoms with Gasteiger partial charge in [0, 0.05) is 25.5 Å². The Bertz CT molecular complexity index is 403. The average molecular weight is 290 g/mol. The molecule has 3 nitrogen and oxygen atoms in total. The van der Waals surface area contributed by atoms with Crippen molar-refractivity contribution in [3.8, 4) is 0 Å². The average Bonchev–Trinajstić information content (AvgIpc) is 2.87. The lowest BCUT2D eigenvalue weighted by Gasteiger charge is -2.24. The Balaban J connectivity index is 2.03. The summed E-state index contributed by atoms with van der Waals surface area (Å²) in [5.74, 6) is 0.760. The first kappa shape index (κ1) is 14.2. The van der Waals surface area contributed by atoms with E-state index in [0.29, 0.717) is 6.04 Å². The third kappa shape index (κ3) is 3.01. The van der Waals surface area contributed by atoms with Gasteiger partial charge in [-0.3, -0.25) is 9.58 Å². The maximum absolute atomic E-state index is 6.31. The Labute approximate surface area is 119 Å². The van der Waals surface area contributed by atoms with Crippen LogP contribution in [0, 0.1) is 6.92 Å². The van der Waals surface area contributed by atoms with E-state index in [1.54, 1.807) is 0 Å². The van der Waals surface area contributed by atoms with Gasteiger partial charge in [-0.15, -0.1) is 11.6 Å². The highest BCUT2D eigenvalue weighted by Crippen LogP contribution is 2.27. The van der Waals surface area contributed by atoms with Gasteiger partial charge in [-0.2, -0.15) is 5.10 Å². The lowest BCUT2D eigenvalue weighted by atomic mass is 10.1. The highest BCUT2D eigenvalue weighted by molar-refractivity contribution is 6.31. The summed E-state index contributed by atoms with van der Waals surface area (Å²) in [5, 5.41) is 5.20. The molecule has 1 aromatic heterocycles. The third-order valence-electron chi connectivity index (χ3n) is 3.78. The van der Waals surface area contributed by atoms with Crippen LogP contribution in [0.15, 0.2) is 0 Å². The molecular formula is C13H21Cl2N3. The van der Waals surface area contributed by atoms with E-state index in [9.17, 15) is 0 Å². The summed E-state index contributed by atoms with van der Waals surface area (Å²) >= 11 is 12.1. The van der Waals surface area contributed by atoms with E-state index in [2.05, 4.69) is 10.00 Å². The minimum Gasteiger partial charge on any atom is -0.295 e. The predicted octanol–water partition coefficient (Wildman–Crippen LogP) is 3.37. The maximum Gasteiger partial charge on any atom is 0.0860 e. The first-order valence-electron chi connectivity index (χ1n) is 6.61. The zero-order valence-corrected chi connectivity index (χ0v) is 12.6. The number of hydrogen-bond donors (Lipinski definition) is 0. The zero-order valence-electron chi connectivity index (χ0n) is 11.1. The quantitative estimate of drug-likeness (QED) is 0.775. The van der Waals surface area contributed by atoms with Crippen molar-refractivity contribution in [1.82, 2.24) is 14.7 Å². The van der Waals surface area contributed by atoms with Crippen LogP contribution in [-0.4, -0.2) is 33.1 Å². The molecule has 5 heteroatoms. The predicted molar refractivity (Wildman–Crippen MR) is 76.3 cm³/mol. The molecule has 1 atom stereocenters. The summed E-state index contributed by atoms with van der Waals surface area (Å²) in [4.78, 5) is 2.52. The molecule has 2 heterocycles. The van der Waals surface area contributed by atoms with Crippen molar-refractivity contribution < 1.29 is 0 Å². The molecule has 0 aromatic carbocycles. The molecule has 1 unspecified atom stereocenters. The SMILES string of the molecule is Cc1nn(C)c(CN2CCCC2CCCCl)c1Cl. The van der Waals surface area contributed by atoms with Crippen molar-refractivity contribution in [2.45, 2.75) is 45.2 Å². The van der Waals surface area contributed by atoms with Crippen LogP contribution in [0.1, 0.15) is 37.1 Å². The fraction of sp³-hybridized carbons (Fsp3) is 0.769. The molecule has 1 fully saturated rings. The largest absolute Gasteiger partial charge is 0.295 e. The van der Waals surface area contributed by atoms with Crippen molar-refractivity contribution in [3.05, 3.63) is 16.4 Å². The first-order valence-corrected chi connectivity index (χ1v) is 7.52. The van der Waals surface area contributed by atoms with Gasteiger partial charge in [0.05, 0.1) is 16.4 Å². The van der Waals surface area contributed by atoms with Crippen LogP contribution in [-0.2, 0) is 13.6 Å². The van der Waals surface area contributed by atoms with Gasteiger partial charge in [0.15, 0.2) is 0 Å². The lowest BCUT2D eigenvalue weighted by Crippen LogP contribution is -2.30. The Kier molecular flexibility index (Phi) is 4.93. The minimum absolute atomic E-state index is 0.662. The van der Waals surface area contributed by atoms with Crippen molar-refractivity contribution >= 4 is 23.2 Å². The smallest absolute Gasteiger partial charge is 0.0860 e. The summed E-state index contributed by atoms with van der Waals surface area (Å²) in [6, 6.07) is 0.662. The van der Waals surface area contributed by atoms with Gasteiger partial charge in [0.25, 0.3) is 0 Å². The first-order chi connectivity index (χ1) is 8.63. The van der Waals surface area contributed by atoms with Crippen molar-refractivity contribution in [2.75, 3.05) is 12.4 Å². The fourth-order valence-corrected chi connectivity index (χ4v) is 3.16. The molecule has 1 saturated heterocycles. The molecule has 0 amide bonds. The molecule has 102 valence electrons. The van der Waals surface area contributed by atoms with Gasteiger partial charge in [-0.25, -0.2) is 0 Å². The third-order valence-corrected chi connectivity index (χ3v) is 4.54. The number of rotatable bonds is 5. The fourth-order valence-electron chi connectivity index (χ4n) is 2.79. The number of aryl methyl sites for hydroxylation is 2. The number of alkyl halides is 1. The van der Waals surface area contributed by atoms with Crippen LogP contribution < -0.4 is 0 Å². The van der Waals surface area contributed by atoms with Crippen LogP contribution in [0.2, 0.25) is 5.02 Å². The van der Waals surface area contributed by atoms with Gasteiger partial charge >= 0.3 is 0 Å². The minimum atomic E-state index is 0.662. The van der Waals surface area contributed by atoms with E-state index >= 15 is 0 Å². The van der Waals surface area contributed by atoms with E-state index in [-0.39, 0.29) is 0 Å². The highest BCUT2D eigenvalue weighted by atomic mass is 35.5. The van der Waals surface area contributed by atoms with E-state index in [4.69, 9.17) is 23.2 Å². The van der Waals surface area contributed by atoms with E-state index in [1.165, 1.54) is 19.3 Å². The van der Waals surface area contributed by atoms with Crippen LogP contribution in [0.4, 0.5) is 0 Å². The Morgan fingerprint density at radius 2 is 2.22 bits per heavy atom. The molecule has 18 heavy (non-hydrogen) atoms. The molecule has 0 N–H and O–H groups in total. The molecule has 1 aliphatic heterocycles. The standard InChI is InChI=1S/C13H21Cl2N3/c1-10-13(15)12(17(2)16-10)9-18-8-4-6-11(18)5-3-7-14/h11H,3-9H2,1-2H3. The van der Waals surface area contributed by atoms with Crippen molar-refractivity contribution in [3.63, 3.8) is 0 Å². The Morgan fingerprint density at radius 3 is 2.83 bits per heavy atom. The van der Waals surface area contributed by atoms with Gasteiger partial charge in [0.1, 0.15) is 0 Å². The second-order valence-electron chi connectivity index (χ2n) is 5.07. The summed E-state index contributed by atoms with van der Waals surface area (Å²) < 4.78 is 1.91. The number of halogens is 2. The second-order valence-corrected chi connectivity index (χ2v) is 5.82. The number of nitrogens with zero attached hydrogens (tertiary/aromatic N) is 3. The number of aromatic nitrogens is 2. The highest BCUT2D eigenvalue weighted by Gasteiger charge is 2.26. The molecule has 0 radical (unpaired) electrons. The normalized spacial score (nSPS) is 20.8. The monoisotopic (exact) mass is 289 g/mol. The second kappa shape index (κ2) is 6.27. The van der Waals surface area contributed by atoms with E-state index in [0.717, 1.165) is 41.8 Å². The van der Waals surface area contributed by atoms with Gasteiger partial charge < -0.3 is 0 Å². The van der Waals surface area contributed by atoms with Gasteiger partial charge in [-0.1, -0.05) is 11.6 Å². The molecule has 0 bridgehead atoms. The van der Waals surface area contributed by atoms with Gasteiger partial charge in [0.2, 0.25) is 0 Å². The lowest BCUT2D eigenvalue weighted by molar-refractivity contribution is 0.228. The van der Waals surface area contributed by atoms with Crippen LogP contribution in [0.3, 0.4) is 0 Å². The maximum atomic E-state index is 6.31.